The molecule has 1 saturated carbocycles. The Kier molecular flexibility index (Phi) is 4.24. The van der Waals surface area contributed by atoms with Crippen LogP contribution >= 0.6 is 0 Å². The molecule has 26 heavy (non-hydrogen) atoms. The van der Waals surface area contributed by atoms with Gasteiger partial charge < -0.3 is 19.5 Å². The zero-order valence-corrected chi connectivity index (χ0v) is 14.4. The van der Waals surface area contributed by atoms with Gasteiger partial charge in [0.15, 0.2) is 17.3 Å². The predicted molar refractivity (Wildman–Crippen MR) is 95.2 cm³/mol. The normalized spacial score (nSPS) is 15.3. The van der Waals surface area contributed by atoms with Crippen molar-refractivity contribution in [1.29, 1.82) is 0 Å². The Morgan fingerprint density at radius 2 is 1.69 bits per heavy atom. The van der Waals surface area contributed by atoms with Crippen molar-refractivity contribution in [3.8, 4) is 17.2 Å². The standard InChI is InChI=1S/C20H19NO5/c1-24-14-6-4-12(5-7-14)19(22)15-10-17-18(26-9-8-25-17)11-16(15)21-20(23)13-2-3-13/h4-7,10-11,13H,2-3,8-9H2,1H3,(H,21,23). The third-order valence-electron chi connectivity index (χ3n) is 4.49. The van der Waals surface area contributed by atoms with Crippen LogP contribution in [0.1, 0.15) is 28.8 Å². The lowest BCUT2D eigenvalue weighted by atomic mass is 10.0. The second-order valence-corrected chi connectivity index (χ2v) is 6.36. The molecule has 0 aromatic heterocycles. The highest BCUT2D eigenvalue weighted by molar-refractivity contribution is 6.14. The highest BCUT2D eigenvalue weighted by atomic mass is 16.6. The van der Waals surface area contributed by atoms with Crippen molar-refractivity contribution in [2.75, 3.05) is 25.6 Å². The maximum absolute atomic E-state index is 13.0. The first-order valence-corrected chi connectivity index (χ1v) is 8.59. The second kappa shape index (κ2) is 6.71. The number of anilines is 1. The third-order valence-corrected chi connectivity index (χ3v) is 4.49. The van der Waals surface area contributed by atoms with E-state index in [1.165, 1.54) is 0 Å². The molecular weight excluding hydrogens is 334 g/mol. The number of nitrogens with one attached hydrogen (secondary N) is 1. The molecule has 0 spiro atoms. The van der Waals surface area contributed by atoms with Gasteiger partial charge >= 0.3 is 0 Å². The topological polar surface area (TPSA) is 73.9 Å². The number of carbonyl (C=O) groups is 2. The number of ether oxygens (including phenoxy) is 3. The van der Waals surface area contributed by atoms with Crippen LogP contribution < -0.4 is 19.5 Å². The first-order chi connectivity index (χ1) is 12.7. The van der Waals surface area contributed by atoms with Gasteiger partial charge in [-0.05, 0) is 43.2 Å². The van der Waals surface area contributed by atoms with Gasteiger partial charge in [-0.15, -0.1) is 0 Å². The number of rotatable bonds is 5. The number of amides is 1. The fourth-order valence-electron chi connectivity index (χ4n) is 2.86. The Hall–Kier alpha value is -3.02. The van der Waals surface area contributed by atoms with E-state index >= 15 is 0 Å². The van der Waals surface area contributed by atoms with E-state index in [1.807, 2.05) is 0 Å². The van der Waals surface area contributed by atoms with Gasteiger partial charge in [-0.3, -0.25) is 9.59 Å². The average Bonchev–Trinajstić information content (AvgIpc) is 3.52. The van der Waals surface area contributed by atoms with Crippen LogP contribution in [0, 0.1) is 5.92 Å². The number of benzene rings is 2. The second-order valence-electron chi connectivity index (χ2n) is 6.36. The first kappa shape index (κ1) is 16.4. The lowest BCUT2D eigenvalue weighted by molar-refractivity contribution is -0.117. The molecule has 2 aromatic rings. The van der Waals surface area contributed by atoms with Crippen molar-refractivity contribution < 1.29 is 23.8 Å². The van der Waals surface area contributed by atoms with E-state index in [-0.39, 0.29) is 17.6 Å². The van der Waals surface area contributed by atoms with Gasteiger partial charge in [-0.25, -0.2) is 0 Å². The van der Waals surface area contributed by atoms with Crippen molar-refractivity contribution in [3.63, 3.8) is 0 Å². The zero-order chi connectivity index (χ0) is 18.1. The summed E-state index contributed by atoms with van der Waals surface area (Å²) in [6, 6.07) is 10.2. The summed E-state index contributed by atoms with van der Waals surface area (Å²) in [5.74, 6) is 1.49. The minimum Gasteiger partial charge on any atom is -0.497 e. The molecule has 0 radical (unpaired) electrons. The van der Waals surface area contributed by atoms with Crippen LogP contribution in [0.15, 0.2) is 36.4 Å². The van der Waals surface area contributed by atoms with Gasteiger partial charge in [-0.1, -0.05) is 0 Å². The molecule has 2 aromatic carbocycles. The van der Waals surface area contributed by atoms with Gasteiger partial charge in [0, 0.05) is 17.5 Å². The van der Waals surface area contributed by atoms with Crippen molar-refractivity contribution in [2.24, 2.45) is 5.92 Å². The zero-order valence-electron chi connectivity index (χ0n) is 14.4. The number of carbonyl (C=O) groups excluding carboxylic acids is 2. The molecular formula is C20H19NO5. The van der Waals surface area contributed by atoms with Gasteiger partial charge in [0.1, 0.15) is 19.0 Å². The lowest BCUT2D eigenvalue weighted by Gasteiger charge is -2.21. The number of hydrogen-bond donors (Lipinski definition) is 1. The summed E-state index contributed by atoms with van der Waals surface area (Å²) in [5.41, 5.74) is 1.34. The summed E-state index contributed by atoms with van der Waals surface area (Å²) in [4.78, 5) is 25.3. The average molecular weight is 353 g/mol. The van der Waals surface area contributed by atoms with Crippen LogP contribution in [0.2, 0.25) is 0 Å². The lowest BCUT2D eigenvalue weighted by Crippen LogP contribution is -2.19. The summed E-state index contributed by atoms with van der Waals surface area (Å²) in [5, 5.41) is 2.88. The van der Waals surface area contributed by atoms with Crippen LogP contribution in [-0.2, 0) is 4.79 Å². The van der Waals surface area contributed by atoms with Crippen molar-refractivity contribution in [1.82, 2.24) is 0 Å². The maximum Gasteiger partial charge on any atom is 0.227 e. The fourth-order valence-corrected chi connectivity index (χ4v) is 2.86. The largest absolute Gasteiger partial charge is 0.497 e. The molecule has 2 aliphatic rings. The molecule has 1 heterocycles. The minimum atomic E-state index is -0.198. The van der Waals surface area contributed by atoms with Crippen LogP contribution in [0.3, 0.4) is 0 Å². The molecule has 0 atom stereocenters. The van der Waals surface area contributed by atoms with Gasteiger partial charge in [0.2, 0.25) is 5.91 Å². The van der Waals surface area contributed by atoms with E-state index in [1.54, 1.807) is 43.5 Å². The SMILES string of the molecule is COc1ccc(C(=O)c2cc3c(cc2NC(=O)C2CC2)OCCO3)cc1. The molecule has 0 saturated heterocycles. The monoisotopic (exact) mass is 353 g/mol. The Labute approximate surface area is 151 Å². The molecule has 4 rings (SSSR count). The van der Waals surface area contributed by atoms with E-state index in [0.717, 1.165) is 12.8 Å². The van der Waals surface area contributed by atoms with Crippen LogP contribution in [0.4, 0.5) is 5.69 Å². The van der Waals surface area contributed by atoms with Gasteiger partial charge in [0.05, 0.1) is 18.4 Å². The molecule has 1 aliphatic heterocycles. The predicted octanol–water partition coefficient (Wildman–Crippen LogP) is 3.05. The van der Waals surface area contributed by atoms with Crippen LogP contribution in [0.5, 0.6) is 17.2 Å². The third kappa shape index (κ3) is 3.22. The molecule has 0 unspecified atom stereocenters. The molecule has 1 fully saturated rings. The molecule has 6 heteroatoms. The Balaban J connectivity index is 1.71. The summed E-state index contributed by atoms with van der Waals surface area (Å²) < 4.78 is 16.3. The van der Waals surface area contributed by atoms with E-state index in [9.17, 15) is 9.59 Å². The Morgan fingerprint density at radius 1 is 1.04 bits per heavy atom. The van der Waals surface area contributed by atoms with E-state index in [4.69, 9.17) is 14.2 Å². The van der Waals surface area contributed by atoms with Crippen molar-refractivity contribution in [3.05, 3.63) is 47.5 Å². The fraction of sp³-hybridized carbons (Fsp3) is 0.300. The number of ketones is 1. The molecule has 6 nitrogen and oxygen atoms in total. The van der Waals surface area contributed by atoms with Gasteiger partial charge in [0.25, 0.3) is 0 Å². The summed E-state index contributed by atoms with van der Waals surface area (Å²) >= 11 is 0. The molecule has 1 amide bonds. The van der Waals surface area contributed by atoms with E-state index in [0.29, 0.717) is 47.3 Å². The van der Waals surface area contributed by atoms with E-state index in [2.05, 4.69) is 5.32 Å². The minimum absolute atomic E-state index is 0.0344. The summed E-state index contributed by atoms with van der Waals surface area (Å²) in [7, 11) is 1.57. The highest BCUT2D eigenvalue weighted by Crippen LogP contribution is 2.38. The maximum atomic E-state index is 13.0. The van der Waals surface area contributed by atoms with Crippen LogP contribution in [-0.4, -0.2) is 32.0 Å². The highest BCUT2D eigenvalue weighted by Gasteiger charge is 2.31. The Morgan fingerprint density at radius 3 is 2.31 bits per heavy atom. The Bertz CT molecular complexity index is 855. The smallest absolute Gasteiger partial charge is 0.227 e. The van der Waals surface area contributed by atoms with Crippen molar-refractivity contribution in [2.45, 2.75) is 12.8 Å². The van der Waals surface area contributed by atoms with E-state index < -0.39 is 0 Å². The number of fused-ring (bicyclic) bond motifs is 1. The molecule has 1 aliphatic carbocycles. The number of methoxy groups -OCH3 is 1. The molecule has 134 valence electrons. The van der Waals surface area contributed by atoms with Crippen molar-refractivity contribution >= 4 is 17.4 Å². The summed E-state index contributed by atoms with van der Waals surface area (Å²) in [6.45, 7) is 0.867. The quantitative estimate of drug-likeness (QED) is 0.837. The van der Waals surface area contributed by atoms with Gasteiger partial charge in [-0.2, -0.15) is 0 Å². The number of hydrogen-bond acceptors (Lipinski definition) is 5. The van der Waals surface area contributed by atoms with Crippen LogP contribution in [0.25, 0.3) is 0 Å². The molecule has 1 N–H and O–H groups in total. The first-order valence-electron chi connectivity index (χ1n) is 8.59. The summed E-state index contributed by atoms with van der Waals surface area (Å²) in [6.07, 6.45) is 1.77. The molecule has 0 bridgehead atoms.